The number of nitrogens with two attached hydrogens (primary N) is 1. The minimum Gasteiger partial charge on any atom is -0.384 e. The Hall–Kier alpha value is -1.95. The molecule has 2 heterocycles. The highest BCUT2D eigenvalue weighted by atomic mass is 16.5. The first kappa shape index (κ1) is 11.2. The van der Waals surface area contributed by atoms with Gasteiger partial charge in [0.15, 0.2) is 0 Å². The number of aromatic nitrogens is 3. The minimum absolute atomic E-state index is 0.0655. The van der Waals surface area contributed by atoms with E-state index in [2.05, 4.69) is 15.1 Å². The second kappa shape index (κ2) is 4.38. The van der Waals surface area contributed by atoms with Crippen molar-refractivity contribution >= 4 is 5.82 Å². The predicted octanol–water partition coefficient (Wildman–Crippen LogP) is 1.81. The van der Waals surface area contributed by atoms with Gasteiger partial charge in [-0.25, -0.2) is 4.98 Å². The highest BCUT2D eigenvalue weighted by molar-refractivity contribution is 5.53. The zero-order valence-corrected chi connectivity index (χ0v) is 10.0. The number of methoxy groups -OCH3 is 1. The Morgan fingerprint density at radius 1 is 1.44 bits per heavy atom. The minimum atomic E-state index is -0.0655. The Morgan fingerprint density at radius 2 is 2.28 bits per heavy atom. The van der Waals surface area contributed by atoms with E-state index in [1.54, 1.807) is 25.4 Å². The summed E-state index contributed by atoms with van der Waals surface area (Å²) in [5.74, 6) is 2.03. The van der Waals surface area contributed by atoms with Crippen LogP contribution in [0.3, 0.4) is 0 Å². The van der Waals surface area contributed by atoms with Crippen LogP contribution in [0.25, 0.3) is 11.5 Å². The van der Waals surface area contributed by atoms with Crippen molar-refractivity contribution in [3.63, 3.8) is 0 Å². The molecule has 1 fully saturated rings. The molecule has 0 radical (unpaired) electrons. The summed E-state index contributed by atoms with van der Waals surface area (Å²) in [6, 6.07) is 3.51. The van der Waals surface area contributed by atoms with Crippen molar-refractivity contribution in [2.45, 2.75) is 18.9 Å². The molecule has 1 aliphatic carbocycles. The molecule has 0 bridgehead atoms. The number of nitrogen functional groups attached to an aromatic ring is 1. The largest absolute Gasteiger partial charge is 0.384 e. The predicted molar refractivity (Wildman–Crippen MR) is 64.4 cm³/mol. The molecule has 6 heteroatoms. The van der Waals surface area contributed by atoms with Gasteiger partial charge in [0.25, 0.3) is 5.89 Å². The molecule has 3 rings (SSSR count). The van der Waals surface area contributed by atoms with Crippen LogP contribution in [-0.2, 0) is 4.74 Å². The summed E-state index contributed by atoms with van der Waals surface area (Å²) in [6.07, 6.45) is 3.87. The van der Waals surface area contributed by atoms with Crippen molar-refractivity contribution in [1.29, 1.82) is 0 Å². The average Bonchev–Trinajstić information content (AvgIpc) is 3.09. The van der Waals surface area contributed by atoms with Crippen molar-refractivity contribution in [3.8, 4) is 11.5 Å². The number of pyridine rings is 1. The molecule has 94 valence electrons. The number of hydrogen-bond acceptors (Lipinski definition) is 6. The fraction of sp³-hybridized carbons (Fsp3) is 0.417. The quantitative estimate of drug-likeness (QED) is 0.885. The molecular weight excluding hydrogens is 232 g/mol. The van der Waals surface area contributed by atoms with Gasteiger partial charge in [0.1, 0.15) is 11.9 Å². The van der Waals surface area contributed by atoms with Crippen LogP contribution < -0.4 is 5.73 Å². The zero-order chi connectivity index (χ0) is 12.5. The smallest absolute Gasteiger partial charge is 0.259 e. The van der Waals surface area contributed by atoms with Crippen LogP contribution in [0.5, 0.6) is 0 Å². The second-order valence-electron chi connectivity index (χ2n) is 4.42. The van der Waals surface area contributed by atoms with E-state index in [-0.39, 0.29) is 6.10 Å². The fourth-order valence-electron chi connectivity index (χ4n) is 1.91. The molecule has 6 nitrogen and oxygen atoms in total. The van der Waals surface area contributed by atoms with Gasteiger partial charge < -0.3 is 15.0 Å². The molecule has 2 N–H and O–H groups in total. The van der Waals surface area contributed by atoms with Gasteiger partial charge in [0, 0.05) is 13.3 Å². The number of nitrogens with zero attached hydrogens (tertiary/aromatic N) is 3. The van der Waals surface area contributed by atoms with Gasteiger partial charge in [0.2, 0.25) is 5.82 Å². The van der Waals surface area contributed by atoms with Crippen LogP contribution in [0.2, 0.25) is 0 Å². The molecular formula is C12H14N4O2. The normalized spacial score (nSPS) is 16.7. The van der Waals surface area contributed by atoms with E-state index in [4.69, 9.17) is 15.0 Å². The van der Waals surface area contributed by atoms with Crippen LogP contribution in [0.15, 0.2) is 22.9 Å². The van der Waals surface area contributed by atoms with Gasteiger partial charge in [-0.15, -0.1) is 0 Å². The van der Waals surface area contributed by atoms with Crippen LogP contribution >= 0.6 is 0 Å². The Bertz CT molecular complexity index is 533. The summed E-state index contributed by atoms with van der Waals surface area (Å²) in [5, 5.41) is 3.98. The Labute approximate surface area is 104 Å². The van der Waals surface area contributed by atoms with Crippen LogP contribution in [0.4, 0.5) is 5.82 Å². The Balaban J connectivity index is 1.86. The first-order chi connectivity index (χ1) is 8.78. The number of rotatable bonds is 4. The topological polar surface area (TPSA) is 87.1 Å². The average molecular weight is 246 g/mol. The van der Waals surface area contributed by atoms with Gasteiger partial charge in [-0.3, -0.25) is 0 Å². The summed E-state index contributed by atoms with van der Waals surface area (Å²) in [5.41, 5.74) is 6.29. The van der Waals surface area contributed by atoms with Crippen LogP contribution in [-0.4, -0.2) is 22.2 Å². The summed E-state index contributed by atoms with van der Waals surface area (Å²) < 4.78 is 10.6. The van der Waals surface area contributed by atoms with Gasteiger partial charge >= 0.3 is 0 Å². The summed E-state index contributed by atoms with van der Waals surface area (Å²) in [4.78, 5) is 8.35. The summed E-state index contributed by atoms with van der Waals surface area (Å²) >= 11 is 0. The maximum absolute atomic E-state index is 5.53. The number of anilines is 1. The third kappa shape index (κ3) is 2.06. The van der Waals surface area contributed by atoms with E-state index in [1.807, 2.05) is 0 Å². The Morgan fingerprint density at radius 3 is 2.89 bits per heavy atom. The number of ether oxygens (including phenoxy) is 1. The van der Waals surface area contributed by atoms with Gasteiger partial charge in [-0.05, 0) is 30.9 Å². The molecule has 18 heavy (non-hydrogen) atoms. The van der Waals surface area contributed by atoms with E-state index in [0.717, 1.165) is 18.4 Å². The third-order valence-electron chi connectivity index (χ3n) is 3.03. The fourth-order valence-corrected chi connectivity index (χ4v) is 1.91. The van der Waals surface area contributed by atoms with E-state index < -0.39 is 0 Å². The molecule has 2 aromatic heterocycles. The van der Waals surface area contributed by atoms with Gasteiger partial charge in [-0.1, -0.05) is 5.16 Å². The van der Waals surface area contributed by atoms with E-state index in [0.29, 0.717) is 23.5 Å². The SMILES string of the molecule is COC(c1noc(-c2ccc(N)nc2)n1)C1CC1. The first-order valence-corrected chi connectivity index (χ1v) is 5.86. The standard InChI is InChI=1S/C12H14N4O2/c1-17-10(7-2-3-7)11-15-12(18-16-11)8-4-5-9(13)14-6-8/h4-7,10H,2-3H2,1H3,(H2,13,14). The monoisotopic (exact) mass is 246 g/mol. The maximum Gasteiger partial charge on any atom is 0.259 e. The highest BCUT2D eigenvalue weighted by Crippen LogP contribution is 2.42. The van der Waals surface area contributed by atoms with Crippen LogP contribution in [0, 0.1) is 5.92 Å². The van der Waals surface area contributed by atoms with Crippen LogP contribution in [0.1, 0.15) is 24.8 Å². The lowest BCUT2D eigenvalue weighted by atomic mass is 10.2. The molecule has 0 spiro atoms. The summed E-state index contributed by atoms with van der Waals surface area (Å²) in [6.45, 7) is 0. The van der Waals surface area contributed by atoms with Gasteiger partial charge in [-0.2, -0.15) is 4.98 Å². The third-order valence-corrected chi connectivity index (χ3v) is 3.03. The maximum atomic E-state index is 5.53. The second-order valence-corrected chi connectivity index (χ2v) is 4.42. The van der Waals surface area contributed by atoms with Crippen molar-refractivity contribution in [2.24, 2.45) is 5.92 Å². The van der Waals surface area contributed by atoms with Crippen molar-refractivity contribution in [2.75, 3.05) is 12.8 Å². The Kier molecular flexibility index (Phi) is 2.71. The highest BCUT2D eigenvalue weighted by Gasteiger charge is 2.35. The molecule has 0 aliphatic heterocycles. The molecule has 2 aromatic rings. The van der Waals surface area contributed by atoms with Crippen molar-refractivity contribution in [1.82, 2.24) is 15.1 Å². The zero-order valence-electron chi connectivity index (χ0n) is 10.0. The molecule has 1 saturated carbocycles. The number of hydrogen-bond donors (Lipinski definition) is 1. The lowest BCUT2D eigenvalue weighted by molar-refractivity contribution is 0.0751. The lowest BCUT2D eigenvalue weighted by Crippen LogP contribution is -2.05. The molecule has 1 atom stereocenters. The van der Waals surface area contributed by atoms with Crippen molar-refractivity contribution in [3.05, 3.63) is 24.2 Å². The molecule has 0 saturated heterocycles. The molecule has 1 aliphatic rings. The van der Waals surface area contributed by atoms with Gasteiger partial charge in [0.05, 0.1) is 5.56 Å². The summed E-state index contributed by atoms with van der Waals surface area (Å²) in [7, 11) is 1.67. The van der Waals surface area contributed by atoms with Crippen molar-refractivity contribution < 1.29 is 9.26 Å². The molecule has 0 amide bonds. The van der Waals surface area contributed by atoms with E-state index in [1.165, 1.54) is 0 Å². The lowest BCUT2D eigenvalue weighted by Gasteiger charge is -2.08. The van der Waals surface area contributed by atoms with E-state index in [9.17, 15) is 0 Å². The molecule has 1 unspecified atom stereocenters. The molecule has 0 aromatic carbocycles. The van der Waals surface area contributed by atoms with E-state index >= 15 is 0 Å². The first-order valence-electron chi connectivity index (χ1n) is 5.86.